The number of rotatable bonds is 4. The first-order chi connectivity index (χ1) is 11.6. The number of likely N-dealkylation sites (tertiary alicyclic amines) is 1. The van der Waals surface area contributed by atoms with Gasteiger partial charge in [-0.1, -0.05) is 44.2 Å². The first-order valence-electron chi connectivity index (χ1n) is 9.28. The second-order valence-corrected chi connectivity index (χ2v) is 7.48. The molecular weight excluding hydrogens is 300 g/mol. The fourth-order valence-electron chi connectivity index (χ4n) is 4.13. The highest BCUT2D eigenvalue weighted by Gasteiger charge is 2.42. The first-order valence-corrected chi connectivity index (χ1v) is 9.28. The highest BCUT2D eigenvalue weighted by Crippen LogP contribution is 2.39. The van der Waals surface area contributed by atoms with Gasteiger partial charge in [-0.2, -0.15) is 0 Å². The number of hydrogen-bond donors (Lipinski definition) is 0. The Morgan fingerprint density at radius 3 is 2.29 bits per heavy atom. The minimum atomic E-state index is 0.0552. The van der Waals surface area contributed by atoms with Crippen LogP contribution >= 0.6 is 0 Å². The zero-order valence-corrected chi connectivity index (χ0v) is 15.0. The number of hydrogen-bond acceptors (Lipinski definition) is 3. The molecular formula is C20H30N2O2. The summed E-state index contributed by atoms with van der Waals surface area (Å²) in [4.78, 5) is 17.1. The van der Waals surface area contributed by atoms with E-state index in [0.29, 0.717) is 18.2 Å². The van der Waals surface area contributed by atoms with E-state index in [0.717, 1.165) is 52.2 Å². The third-order valence-electron chi connectivity index (χ3n) is 5.45. The highest BCUT2D eigenvalue weighted by molar-refractivity contribution is 5.76. The summed E-state index contributed by atoms with van der Waals surface area (Å²) < 4.78 is 5.57. The van der Waals surface area contributed by atoms with E-state index >= 15 is 0 Å². The summed E-state index contributed by atoms with van der Waals surface area (Å²) >= 11 is 0. The van der Waals surface area contributed by atoms with Crippen molar-refractivity contribution in [1.29, 1.82) is 0 Å². The second-order valence-electron chi connectivity index (χ2n) is 7.48. The van der Waals surface area contributed by atoms with Crippen molar-refractivity contribution in [3.8, 4) is 0 Å². The first kappa shape index (κ1) is 17.4. The molecule has 132 valence electrons. The molecule has 0 aliphatic carbocycles. The molecule has 2 aliphatic heterocycles. The van der Waals surface area contributed by atoms with Crippen molar-refractivity contribution in [3.63, 3.8) is 0 Å². The van der Waals surface area contributed by atoms with Gasteiger partial charge in [0.15, 0.2) is 0 Å². The fourth-order valence-corrected chi connectivity index (χ4v) is 4.13. The normalized spacial score (nSPS) is 21.9. The molecule has 2 saturated heterocycles. The third kappa shape index (κ3) is 3.65. The molecule has 1 aromatic carbocycles. The average Bonchev–Trinajstić information content (AvgIpc) is 2.63. The number of benzene rings is 1. The lowest BCUT2D eigenvalue weighted by molar-refractivity contribution is -0.136. The van der Waals surface area contributed by atoms with Crippen molar-refractivity contribution < 1.29 is 9.53 Å². The maximum Gasteiger partial charge on any atom is 0.222 e. The van der Waals surface area contributed by atoms with Crippen molar-refractivity contribution in [1.82, 2.24) is 9.80 Å². The Morgan fingerprint density at radius 1 is 1.08 bits per heavy atom. The van der Waals surface area contributed by atoms with E-state index in [-0.39, 0.29) is 5.54 Å². The molecule has 0 N–H and O–H groups in total. The molecule has 0 unspecified atom stereocenters. The predicted molar refractivity (Wildman–Crippen MR) is 95.8 cm³/mol. The van der Waals surface area contributed by atoms with Gasteiger partial charge >= 0.3 is 0 Å². The van der Waals surface area contributed by atoms with Crippen LogP contribution in [0.4, 0.5) is 0 Å². The van der Waals surface area contributed by atoms with Crippen molar-refractivity contribution in [2.24, 2.45) is 5.92 Å². The van der Waals surface area contributed by atoms with Gasteiger partial charge in [-0.15, -0.1) is 0 Å². The van der Waals surface area contributed by atoms with E-state index in [1.807, 2.05) is 0 Å². The Kier molecular flexibility index (Phi) is 5.57. The molecule has 1 amide bonds. The summed E-state index contributed by atoms with van der Waals surface area (Å²) in [5, 5.41) is 0. The summed E-state index contributed by atoms with van der Waals surface area (Å²) in [6.45, 7) is 9.53. The van der Waals surface area contributed by atoms with Crippen LogP contribution in [0.1, 0.15) is 38.7 Å². The average molecular weight is 330 g/mol. The van der Waals surface area contributed by atoms with E-state index in [4.69, 9.17) is 4.74 Å². The summed E-state index contributed by atoms with van der Waals surface area (Å²) in [7, 11) is 0. The van der Waals surface area contributed by atoms with E-state index in [9.17, 15) is 4.79 Å². The lowest BCUT2D eigenvalue weighted by Gasteiger charge is -2.50. The van der Waals surface area contributed by atoms with Crippen LogP contribution in [-0.4, -0.2) is 55.1 Å². The lowest BCUT2D eigenvalue weighted by Crippen LogP contribution is -2.57. The van der Waals surface area contributed by atoms with Crippen LogP contribution in [-0.2, 0) is 15.1 Å². The minimum absolute atomic E-state index is 0.0552. The van der Waals surface area contributed by atoms with Crippen LogP contribution in [0.15, 0.2) is 30.3 Å². The van der Waals surface area contributed by atoms with Gasteiger partial charge in [0.2, 0.25) is 5.91 Å². The number of nitrogens with zero attached hydrogens (tertiary/aromatic N) is 2. The van der Waals surface area contributed by atoms with Gasteiger partial charge < -0.3 is 9.64 Å². The van der Waals surface area contributed by atoms with E-state index in [1.165, 1.54) is 5.56 Å². The van der Waals surface area contributed by atoms with Crippen molar-refractivity contribution in [2.75, 3.05) is 39.4 Å². The minimum Gasteiger partial charge on any atom is -0.379 e. The molecule has 4 heteroatoms. The lowest BCUT2D eigenvalue weighted by atomic mass is 9.79. The van der Waals surface area contributed by atoms with Gasteiger partial charge in [-0.05, 0) is 24.3 Å². The Labute approximate surface area is 145 Å². The zero-order valence-electron chi connectivity index (χ0n) is 15.0. The number of carbonyl (C=O) groups excluding carboxylic acids is 1. The summed E-state index contributed by atoms with van der Waals surface area (Å²) in [5.41, 5.74) is 1.45. The molecule has 0 atom stereocenters. The van der Waals surface area contributed by atoms with Gasteiger partial charge in [0.05, 0.1) is 13.2 Å². The summed E-state index contributed by atoms with van der Waals surface area (Å²) in [5.74, 6) is 0.742. The van der Waals surface area contributed by atoms with Gasteiger partial charge in [0, 0.05) is 38.1 Å². The largest absolute Gasteiger partial charge is 0.379 e. The molecule has 2 fully saturated rings. The van der Waals surface area contributed by atoms with Crippen molar-refractivity contribution in [2.45, 2.75) is 38.6 Å². The number of amides is 1. The van der Waals surface area contributed by atoms with Gasteiger partial charge in [0.1, 0.15) is 0 Å². The van der Waals surface area contributed by atoms with Gasteiger partial charge in [-0.25, -0.2) is 0 Å². The maximum atomic E-state index is 12.4. The zero-order chi connectivity index (χ0) is 17.0. The molecule has 0 saturated carbocycles. The Morgan fingerprint density at radius 2 is 1.71 bits per heavy atom. The molecule has 4 nitrogen and oxygen atoms in total. The van der Waals surface area contributed by atoms with Crippen LogP contribution in [0, 0.1) is 5.92 Å². The molecule has 24 heavy (non-hydrogen) atoms. The van der Waals surface area contributed by atoms with Crippen LogP contribution in [0.2, 0.25) is 0 Å². The Bertz CT molecular complexity index is 530. The Hall–Kier alpha value is -1.39. The van der Waals surface area contributed by atoms with Crippen LogP contribution in [0.25, 0.3) is 0 Å². The molecule has 3 rings (SSSR count). The molecule has 2 aliphatic rings. The van der Waals surface area contributed by atoms with E-state index < -0.39 is 0 Å². The third-order valence-corrected chi connectivity index (χ3v) is 5.45. The predicted octanol–water partition coefficient (Wildman–Crippen LogP) is 2.88. The topological polar surface area (TPSA) is 32.8 Å². The van der Waals surface area contributed by atoms with Gasteiger partial charge in [-0.3, -0.25) is 9.69 Å². The Balaban J connectivity index is 1.77. The summed E-state index contributed by atoms with van der Waals surface area (Å²) in [6, 6.07) is 10.8. The van der Waals surface area contributed by atoms with Crippen LogP contribution in [0.3, 0.4) is 0 Å². The number of morpholine rings is 1. The highest BCUT2D eigenvalue weighted by atomic mass is 16.5. The maximum absolute atomic E-state index is 12.4. The van der Waals surface area contributed by atoms with E-state index in [2.05, 4.69) is 54.0 Å². The molecule has 1 aromatic rings. The molecule has 0 radical (unpaired) electrons. The molecule has 0 aromatic heterocycles. The van der Waals surface area contributed by atoms with Crippen molar-refractivity contribution in [3.05, 3.63) is 35.9 Å². The standard InChI is InChI=1S/C20H30N2O2/c1-17(2)16-19(23)21-10-8-20(9-11-21,18-6-4-3-5-7-18)22-12-14-24-15-13-22/h3-7,17H,8-16H2,1-2H3. The second kappa shape index (κ2) is 7.66. The quantitative estimate of drug-likeness (QED) is 0.851. The van der Waals surface area contributed by atoms with Crippen molar-refractivity contribution >= 4 is 5.91 Å². The van der Waals surface area contributed by atoms with E-state index in [1.54, 1.807) is 0 Å². The monoisotopic (exact) mass is 330 g/mol. The summed E-state index contributed by atoms with van der Waals surface area (Å²) in [6.07, 6.45) is 2.69. The SMILES string of the molecule is CC(C)CC(=O)N1CCC(c2ccccc2)(N2CCOCC2)CC1. The smallest absolute Gasteiger partial charge is 0.222 e. The molecule has 2 heterocycles. The van der Waals surface area contributed by atoms with Gasteiger partial charge in [0.25, 0.3) is 0 Å². The molecule has 0 spiro atoms. The number of piperidine rings is 1. The molecule has 0 bridgehead atoms. The van der Waals surface area contributed by atoms with Crippen LogP contribution in [0.5, 0.6) is 0 Å². The number of ether oxygens (including phenoxy) is 1. The van der Waals surface area contributed by atoms with Crippen LogP contribution < -0.4 is 0 Å². The number of carbonyl (C=O) groups is 1. The fraction of sp³-hybridized carbons (Fsp3) is 0.650.